The first-order valence-corrected chi connectivity index (χ1v) is 10.0. The largest absolute Gasteiger partial charge is 0.335 e. The van der Waals surface area contributed by atoms with Crippen LogP contribution < -0.4 is 5.73 Å². The van der Waals surface area contributed by atoms with Crippen LogP contribution in [0.15, 0.2) is 12.7 Å². The maximum atomic E-state index is 12.8. The Morgan fingerprint density at radius 3 is 2.43 bits per heavy atom. The highest BCUT2D eigenvalue weighted by molar-refractivity contribution is 7.91. The molecule has 2 N–H and O–H groups in total. The molecule has 0 aromatic carbocycles. The fraction of sp³-hybridized carbons (Fsp3) is 0.812. The average Bonchev–Trinajstić information content (AvgIpc) is 2.85. The van der Waals surface area contributed by atoms with Gasteiger partial charge >= 0.3 is 0 Å². The van der Waals surface area contributed by atoms with Crippen LogP contribution in [-0.4, -0.2) is 49.9 Å². The van der Waals surface area contributed by atoms with Crippen LogP contribution in [0.5, 0.6) is 0 Å². The minimum absolute atomic E-state index is 0. The van der Waals surface area contributed by atoms with Gasteiger partial charge in [0.1, 0.15) is 0 Å². The lowest BCUT2D eigenvalue weighted by atomic mass is 9.71. The van der Waals surface area contributed by atoms with Crippen LogP contribution in [0.3, 0.4) is 0 Å². The molecule has 1 aliphatic carbocycles. The van der Waals surface area contributed by atoms with Gasteiger partial charge in [-0.3, -0.25) is 4.79 Å². The summed E-state index contributed by atoms with van der Waals surface area (Å²) in [6.07, 6.45) is 8.13. The third kappa shape index (κ3) is 5.19. The van der Waals surface area contributed by atoms with E-state index in [0.29, 0.717) is 25.9 Å². The van der Waals surface area contributed by atoms with Crippen molar-refractivity contribution in [3.8, 4) is 0 Å². The summed E-state index contributed by atoms with van der Waals surface area (Å²) in [6, 6.07) is -0.200. The van der Waals surface area contributed by atoms with E-state index in [9.17, 15) is 13.2 Å². The van der Waals surface area contributed by atoms with Gasteiger partial charge in [-0.05, 0) is 31.2 Å². The van der Waals surface area contributed by atoms with E-state index in [0.717, 1.165) is 25.7 Å². The number of hydrogen-bond acceptors (Lipinski definition) is 4. The van der Waals surface area contributed by atoms with Crippen molar-refractivity contribution < 1.29 is 13.2 Å². The van der Waals surface area contributed by atoms with Crippen LogP contribution in [0.2, 0.25) is 0 Å². The normalized spacial score (nSPS) is 25.3. The molecule has 5 nitrogen and oxygen atoms in total. The van der Waals surface area contributed by atoms with Gasteiger partial charge in [0.05, 0.1) is 11.5 Å². The lowest BCUT2D eigenvalue weighted by molar-refractivity contribution is -0.135. The van der Waals surface area contributed by atoms with Crippen molar-refractivity contribution >= 4 is 28.2 Å². The van der Waals surface area contributed by atoms with E-state index in [1.165, 1.54) is 6.42 Å². The van der Waals surface area contributed by atoms with Gasteiger partial charge < -0.3 is 10.6 Å². The Bertz CT molecular complexity index is 515. The van der Waals surface area contributed by atoms with Crippen molar-refractivity contribution in [3.05, 3.63) is 12.7 Å². The zero-order chi connectivity index (χ0) is 16.2. The van der Waals surface area contributed by atoms with Crippen LogP contribution in [0, 0.1) is 5.41 Å². The fourth-order valence-electron chi connectivity index (χ4n) is 3.79. The molecule has 1 saturated heterocycles. The molecular formula is C16H29ClN2O3S. The Balaban J connectivity index is 0.00000264. The quantitative estimate of drug-likeness (QED) is 0.730. The predicted octanol–water partition coefficient (Wildman–Crippen LogP) is 1.91. The monoisotopic (exact) mass is 364 g/mol. The highest BCUT2D eigenvalue weighted by Crippen LogP contribution is 2.39. The van der Waals surface area contributed by atoms with Crippen LogP contribution >= 0.6 is 12.4 Å². The molecule has 1 atom stereocenters. The van der Waals surface area contributed by atoms with Crippen LogP contribution in [0.25, 0.3) is 0 Å². The van der Waals surface area contributed by atoms with Gasteiger partial charge in [0.15, 0.2) is 9.84 Å². The minimum atomic E-state index is -3.00. The highest BCUT2D eigenvalue weighted by Gasteiger charge is 2.38. The van der Waals surface area contributed by atoms with Crippen molar-refractivity contribution in [2.75, 3.05) is 24.6 Å². The highest BCUT2D eigenvalue weighted by atomic mass is 35.5. The van der Waals surface area contributed by atoms with Gasteiger partial charge in [-0.1, -0.05) is 25.3 Å². The molecule has 0 aromatic heterocycles. The Labute approximate surface area is 146 Å². The Morgan fingerprint density at radius 1 is 1.30 bits per heavy atom. The van der Waals surface area contributed by atoms with E-state index in [-0.39, 0.29) is 41.3 Å². The van der Waals surface area contributed by atoms with Crippen molar-refractivity contribution in [1.29, 1.82) is 0 Å². The molecule has 134 valence electrons. The smallest absolute Gasteiger partial charge is 0.223 e. The summed E-state index contributed by atoms with van der Waals surface area (Å²) in [4.78, 5) is 14.5. The van der Waals surface area contributed by atoms with Gasteiger partial charge in [-0.15, -0.1) is 19.0 Å². The van der Waals surface area contributed by atoms with Gasteiger partial charge in [0.2, 0.25) is 5.91 Å². The number of amides is 1. The van der Waals surface area contributed by atoms with E-state index >= 15 is 0 Å². The number of sulfone groups is 1. The van der Waals surface area contributed by atoms with Crippen molar-refractivity contribution in [3.63, 3.8) is 0 Å². The third-order valence-electron chi connectivity index (χ3n) is 5.17. The molecule has 23 heavy (non-hydrogen) atoms. The molecule has 0 radical (unpaired) electrons. The summed E-state index contributed by atoms with van der Waals surface area (Å²) in [5, 5.41) is 0. The van der Waals surface area contributed by atoms with Crippen molar-refractivity contribution in [1.82, 2.24) is 4.90 Å². The minimum Gasteiger partial charge on any atom is -0.335 e. The lowest BCUT2D eigenvalue weighted by Crippen LogP contribution is -2.45. The summed E-state index contributed by atoms with van der Waals surface area (Å²) in [6.45, 7) is 4.65. The van der Waals surface area contributed by atoms with E-state index < -0.39 is 9.84 Å². The first-order valence-electron chi connectivity index (χ1n) is 8.22. The maximum Gasteiger partial charge on any atom is 0.223 e. The lowest BCUT2D eigenvalue weighted by Gasteiger charge is -2.38. The van der Waals surface area contributed by atoms with Crippen LogP contribution in [0.1, 0.15) is 44.9 Å². The SMILES string of the molecule is C=CCN(C(=O)CC1(CN)CCCCC1)C1CCS(=O)(=O)C1.Cl. The molecule has 1 amide bonds. The third-order valence-corrected chi connectivity index (χ3v) is 6.92. The summed E-state index contributed by atoms with van der Waals surface area (Å²) in [5.41, 5.74) is 5.88. The molecule has 1 saturated carbocycles. The summed E-state index contributed by atoms with van der Waals surface area (Å²) < 4.78 is 23.4. The number of carbonyl (C=O) groups is 1. The Hall–Kier alpha value is -0.590. The summed E-state index contributed by atoms with van der Waals surface area (Å²) in [7, 11) is -3.00. The van der Waals surface area contributed by atoms with E-state index in [4.69, 9.17) is 5.73 Å². The molecule has 7 heteroatoms. The fourth-order valence-corrected chi connectivity index (χ4v) is 5.52. The zero-order valence-corrected chi connectivity index (χ0v) is 15.3. The maximum absolute atomic E-state index is 12.8. The topological polar surface area (TPSA) is 80.5 Å². The second kappa shape index (κ2) is 8.49. The number of hydrogen-bond donors (Lipinski definition) is 1. The summed E-state index contributed by atoms with van der Waals surface area (Å²) >= 11 is 0. The van der Waals surface area contributed by atoms with Gasteiger partial charge in [-0.2, -0.15) is 0 Å². The molecular weight excluding hydrogens is 336 g/mol. The van der Waals surface area contributed by atoms with E-state index in [1.54, 1.807) is 11.0 Å². The molecule has 2 aliphatic rings. The van der Waals surface area contributed by atoms with Crippen molar-refractivity contribution in [2.24, 2.45) is 11.1 Å². The first kappa shape index (κ1) is 20.5. The Morgan fingerprint density at radius 2 is 1.96 bits per heavy atom. The van der Waals surface area contributed by atoms with Crippen LogP contribution in [0.4, 0.5) is 0 Å². The van der Waals surface area contributed by atoms with Gasteiger partial charge in [0.25, 0.3) is 0 Å². The number of nitrogens with two attached hydrogens (primary N) is 1. The van der Waals surface area contributed by atoms with Crippen LogP contribution in [-0.2, 0) is 14.6 Å². The molecule has 0 aromatic rings. The van der Waals surface area contributed by atoms with E-state index in [2.05, 4.69) is 6.58 Å². The van der Waals surface area contributed by atoms with Gasteiger partial charge in [-0.25, -0.2) is 8.42 Å². The van der Waals surface area contributed by atoms with Gasteiger partial charge in [0, 0.05) is 19.0 Å². The Kier molecular flexibility index (Phi) is 7.55. The molecule has 1 unspecified atom stereocenters. The number of carbonyl (C=O) groups excluding carboxylic acids is 1. The second-order valence-corrected chi connectivity index (χ2v) is 9.06. The summed E-state index contributed by atoms with van der Waals surface area (Å²) in [5.74, 6) is 0.303. The zero-order valence-electron chi connectivity index (χ0n) is 13.7. The van der Waals surface area contributed by atoms with Crippen molar-refractivity contribution in [2.45, 2.75) is 51.0 Å². The second-order valence-electron chi connectivity index (χ2n) is 6.83. The molecule has 0 spiro atoms. The predicted molar refractivity (Wildman–Crippen MR) is 95.4 cm³/mol. The molecule has 2 rings (SSSR count). The standard InChI is InChI=1S/C16H28N2O3S.ClH/c1-2-9-18(14-6-10-22(20,21)12-14)15(19)11-16(13-17)7-4-3-5-8-16;/h2,14H,1,3-13,17H2;1H. The number of nitrogens with zero attached hydrogens (tertiary/aromatic N) is 1. The molecule has 0 bridgehead atoms. The molecule has 1 aliphatic heterocycles. The first-order chi connectivity index (χ1) is 10.4. The van der Waals surface area contributed by atoms with E-state index in [1.807, 2.05) is 0 Å². The number of halogens is 1. The molecule has 1 heterocycles. The number of rotatable bonds is 6. The average molecular weight is 365 g/mol. The molecule has 2 fully saturated rings.